The molecule has 0 aliphatic rings. The fourth-order valence-electron chi connectivity index (χ4n) is 1.64. The molecule has 2 rings (SSSR count). The van der Waals surface area contributed by atoms with E-state index in [9.17, 15) is 0 Å². The lowest BCUT2D eigenvalue weighted by molar-refractivity contribution is 0.923. The number of nitrogens with zero attached hydrogens (tertiary/aromatic N) is 1. The van der Waals surface area contributed by atoms with Crippen molar-refractivity contribution in [1.82, 2.24) is 0 Å². The van der Waals surface area contributed by atoms with Crippen LogP contribution in [-0.2, 0) is 6.54 Å². The van der Waals surface area contributed by atoms with E-state index in [0.717, 1.165) is 11.6 Å². The van der Waals surface area contributed by atoms with Gasteiger partial charge in [-0.25, -0.2) is 0 Å². The number of rotatable bonds is 3. The third-order valence-electron chi connectivity index (χ3n) is 2.53. The van der Waals surface area contributed by atoms with Gasteiger partial charge in [0.15, 0.2) is 0 Å². The molecule has 0 saturated heterocycles. The van der Waals surface area contributed by atoms with Gasteiger partial charge in [0.2, 0.25) is 0 Å². The zero-order valence-corrected chi connectivity index (χ0v) is 9.98. The van der Waals surface area contributed by atoms with Crippen LogP contribution in [0.15, 0.2) is 54.6 Å². The smallest absolute Gasteiger partial charge is 0.0426 e. The highest BCUT2D eigenvalue weighted by Crippen LogP contribution is 2.18. The van der Waals surface area contributed by atoms with Crippen LogP contribution in [0.5, 0.6) is 0 Å². The SMILES string of the molecule is CN(Cc1ccccc1)c1ccc(Cl)cc1. The lowest BCUT2D eigenvalue weighted by Crippen LogP contribution is -2.15. The minimum atomic E-state index is 0.775. The maximum absolute atomic E-state index is 5.86. The highest BCUT2D eigenvalue weighted by atomic mass is 35.5. The fourth-order valence-corrected chi connectivity index (χ4v) is 1.77. The third kappa shape index (κ3) is 2.77. The largest absolute Gasteiger partial charge is 0.370 e. The number of anilines is 1. The van der Waals surface area contributed by atoms with E-state index >= 15 is 0 Å². The Balaban J connectivity index is 2.09. The molecule has 0 radical (unpaired) electrons. The van der Waals surface area contributed by atoms with E-state index in [1.807, 2.05) is 30.3 Å². The molecular weight excluding hydrogens is 218 g/mol. The van der Waals surface area contributed by atoms with Crippen molar-refractivity contribution >= 4 is 17.3 Å². The molecule has 2 heteroatoms. The predicted molar refractivity (Wildman–Crippen MR) is 70.0 cm³/mol. The van der Waals surface area contributed by atoms with Crippen LogP contribution in [0, 0.1) is 0 Å². The van der Waals surface area contributed by atoms with Gasteiger partial charge in [0.05, 0.1) is 0 Å². The first-order valence-electron chi connectivity index (χ1n) is 5.26. The number of halogens is 1. The molecule has 1 nitrogen and oxygen atoms in total. The van der Waals surface area contributed by atoms with Crippen LogP contribution in [0.1, 0.15) is 5.56 Å². The predicted octanol–water partition coefficient (Wildman–Crippen LogP) is 3.98. The first-order chi connectivity index (χ1) is 7.75. The molecule has 0 aliphatic heterocycles. The van der Waals surface area contributed by atoms with Gasteiger partial charge in [-0.2, -0.15) is 0 Å². The summed E-state index contributed by atoms with van der Waals surface area (Å²) in [5.74, 6) is 0. The van der Waals surface area contributed by atoms with Crippen LogP contribution >= 0.6 is 11.6 Å². The maximum Gasteiger partial charge on any atom is 0.0426 e. The van der Waals surface area contributed by atoms with E-state index in [1.165, 1.54) is 11.3 Å². The molecule has 2 aromatic rings. The Morgan fingerprint density at radius 1 is 0.938 bits per heavy atom. The molecule has 0 unspecified atom stereocenters. The molecule has 0 N–H and O–H groups in total. The molecule has 82 valence electrons. The van der Waals surface area contributed by atoms with Gasteiger partial charge in [-0.05, 0) is 29.8 Å². The highest BCUT2D eigenvalue weighted by Gasteiger charge is 2.01. The van der Waals surface area contributed by atoms with E-state index in [1.54, 1.807) is 0 Å². The quantitative estimate of drug-likeness (QED) is 0.773. The van der Waals surface area contributed by atoms with Gasteiger partial charge in [-0.15, -0.1) is 0 Å². The van der Waals surface area contributed by atoms with Gasteiger partial charge in [-0.1, -0.05) is 41.9 Å². The van der Waals surface area contributed by atoms with Crippen LogP contribution in [0.4, 0.5) is 5.69 Å². The van der Waals surface area contributed by atoms with Gasteiger partial charge in [0.25, 0.3) is 0 Å². The molecule has 0 spiro atoms. The number of hydrogen-bond donors (Lipinski definition) is 0. The van der Waals surface area contributed by atoms with Crippen molar-refractivity contribution in [2.24, 2.45) is 0 Å². The standard InChI is InChI=1S/C14H14ClN/c1-16(11-12-5-3-2-4-6-12)14-9-7-13(15)8-10-14/h2-10H,11H2,1H3. The second-order valence-electron chi connectivity index (χ2n) is 3.82. The first-order valence-corrected chi connectivity index (χ1v) is 5.64. The van der Waals surface area contributed by atoms with Crippen LogP contribution in [0.2, 0.25) is 5.02 Å². The van der Waals surface area contributed by atoms with Gasteiger partial charge >= 0.3 is 0 Å². The van der Waals surface area contributed by atoms with Crippen LogP contribution in [-0.4, -0.2) is 7.05 Å². The molecule has 0 bridgehead atoms. The molecule has 2 aromatic carbocycles. The van der Waals surface area contributed by atoms with Crippen molar-refractivity contribution in [2.75, 3.05) is 11.9 Å². The second-order valence-corrected chi connectivity index (χ2v) is 4.25. The van der Waals surface area contributed by atoms with Gasteiger partial charge in [-0.3, -0.25) is 0 Å². The third-order valence-corrected chi connectivity index (χ3v) is 2.78. The zero-order valence-electron chi connectivity index (χ0n) is 9.23. The number of benzene rings is 2. The average molecular weight is 232 g/mol. The Hall–Kier alpha value is -1.47. The molecule has 0 amide bonds. The van der Waals surface area contributed by atoms with Gasteiger partial charge in [0, 0.05) is 24.3 Å². The fraction of sp³-hybridized carbons (Fsp3) is 0.143. The molecule has 0 aliphatic carbocycles. The summed E-state index contributed by atoms with van der Waals surface area (Å²) in [6, 6.07) is 18.3. The summed E-state index contributed by atoms with van der Waals surface area (Å²) in [6.07, 6.45) is 0. The topological polar surface area (TPSA) is 3.24 Å². The van der Waals surface area contributed by atoms with Gasteiger partial charge < -0.3 is 4.90 Å². The first kappa shape index (κ1) is 11.0. The van der Waals surface area contributed by atoms with E-state index in [4.69, 9.17) is 11.6 Å². The Morgan fingerprint density at radius 3 is 2.19 bits per heavy atom. The van der Waals surface area contributed by atoms with Crippen molar-refractivity contribution in [3.05, 3.63) is 65.2 Å². The van der Waals surface area contributed by atoms with Crippen molar-refractivity contribution in [2.45, 2.75) is 6.54 Å². The van der Waals surface area contributed by atoms with Crippen molar-refractivity contribution in [3.63, 3.8) is 0 Å². The van der Waals surface area contributed by atoms with Crippen molar-refractivity contribution in [1.29, 1.82) is 0 Å². The van der Waals surface area contributed by atoms with Crippen molar-refractivity contribution in [3.8, 4) is 0 Å². The highest BCUT2D eigenvalue weighted by molar-refractivity contribution is 6.30. The zero-order chi connectivity index (χ0) is 11.4. The van der Waals surface area contributed by atoms with E-state index in [0.29, 0.717) is 0 Å². The molecule has 0 fully saturated rings. The Bertz CT molecular complexity index is 436. The lowest BCUT2D eigenvalue weighted by atomic mass is 10.2. The summed E-state index contributed by atoms with van der Waals surface area (Å²) in [7, 11) is 2.08. The van der Waals surface area contributed by atoms with E-state index in [-0.39, 0.29) is 0 Å². The Morgan fingerprint density at radius 2 is 1.56 bits per heavy atom. The Labute approximate surface area is 101 Å². The summed E-state index contributed by atoms with van der Waals surface area (Å²) in [4.78, 5) is 2.20. The minimum Gasteiger partial charge on any atom is -0.370 e. The minimum absolute atomic E-state index is 0.775. The molecule has 0 saturated carbocycles. The average Bonchev–Trinajstić information content (AvgIpc) is 2.31. The normalized spacial score (nSPS) is 10.1. The number of hydrogen-bond acceptors (Lipinski definition) is 1. The molecule has 0 aromatic heterocycles. The van der Waals surface area contributed by atoms with Crippen LogP contribution in [0.25, 0.3) is 0 Å². The summed E-state index contributed by atoms with van der Waals surface area (Å²) >= 11 is 5.86. The van der Waals surface area contributed by atoms with Crippen molar-refractivity contribution < 1.29 is 0 Å². The summed E-state index contributed by atoms with van der Waals surface area (Å²) in [5.41, 5.74) is 2.48. The van der Waals surface area contributed by atoms with Crippen LogP contribution in [0.3, 0.4) is 0 Å². The van der Waals surface area contributed by atoms with Gasteiger partial charge in [0.1, 0.15) is 0 Å². The molecule has 0 heterocycles. The second kappa shape index (κ2) is 5.04. The summed E-state index contributed by atoms with van der Waals surface area (Å²) in [6.45, 7) is 0.905. The molecular formula is C14H14ClN. The summed E-state index contributed by atoms with van der Waals surface area (Å²) < 4.78 is 0. The maximum atomic E-state index is 5.86. The van der Waals surface area contributed by atoms with E-state index < -0.39 is 0 Å². The summed E-state index contributed by atoms with van der Waals surface area (Å²) in [5, 5.41) is 0.775. The molecule has 0 atom stereocenters. The molecule has 16 heavy (non-hydrogen) atoms. The monoisotopic (exact) mass is 231 g/mol. The van der Waals surface area contributed by atoms with E-state index in [2.05, 4.69) is 36.2 Å². The van der Waals surface area contributed by atoms with Crippen LogP contribution < -0.4 is 4.90 Å². The lowest BCUT2D eigenvalue weighted by Gasteiger charge is -2.19. The Kier molecular flexibility index (Phi) is 3.47.